The number of imide groups is 1. The number of amides is 3. The summed E-state index contributed by atoms with van der Waals surface area (Å²) in [7, 11) is 3.84. The molecule has 0 unspecified atom stereocenters. The molecule has 2 aromatic heterocycles. The van der Waals surface area contributed by atoms with Crippen molar-refractivity contribution in [1.82, 2.24) is 15.0 Å². The number of aromatic nitrogens is 1. The van der Waals surface area contributed by atoms with E-state index >= 15 is 0 Å². The first-order chi connectivity index (χ1) is 16.2. The van der Waals surface area contributed by atoms with Crippen LogP contribution >= 0.6 is 22.9 Å². The van der Waals surface area contributed by atoms with Crippen LogP contribution in [0.2, 0.25) is 4.34 Å². The summed E-state index contributed by atoms with van der Waals surface area (Å²) in [6, 6.07) is 5.36. The summed E-state index contributed by atoms with van der Waals surface area (Å²) < 4.78 is 6.71. The van der Waals surface area contributed by atoms with Crippen LogP contribution in [0, 0.1) is 11.8 Å². The second-order valence-electron chi connectivity index (χ2n) is 10.1. The average molecular weight is 587 g/mol. The summed E-state index contributed by atoms with van der Waals surface area (Å²) in [5, 5.41) is 4.33. The number of fused-ring (bicyclic) bond motifs is 3. The van der Waals surface area contributed by atoms with Crippen LogP contribution in [-0.2, 0) is 14.4 Å². The van der Waals surface area contributed by atoms with Crippen molar-refractivity contribution in [2.45, 2.75) is 31.3 Å². The van der Waals surface area contributed by atoms with Gasteiger partial charge in [-0.2, -0.15) is 0 Å². The van der Waals surface area contributed by atoms with Crippen molar-refractivity contribution < 1.29 is 40.4 Å². The Hall–Kier alpha value is -1.79. The van der Waals surface area contributed by atoms with E-state index in [9.17, 15) is 14.4 Å². The Balaban J connectivity index is 0.00000289. The Bertz CT molecular complexity index is 1140. The molecule has 190 valence electrons. The highest BCUT2D eigenvalue weighted by Crippen LogP contribution is 2.53. The van der Waals surface area contributed by atoms with Gasteiger partial charge >= 0.3 is 0 Å². The molecule has 0 saturated carbocycles. The van der Waals surface area contributed by atoms with Gasteiger partial charge in [0.2, 0.25) is 11.8 Å². The molecule has 3 fully saturated rings. The number of likely N-dealkylation sites (tertiary alicyclic amines) is 1. The van der Waals surface area contributed by atoms with E-state index in [1.54, 1.807) is 0 Å². The van der Waals surface area contributed by atoms with Gasteiger partial charge in [0.05, 0.1) is 47.7 Å². The molecule has 0 spiro atoms. The first-order valence-electron chi connectivity index (χ1n) is 11.6. The number of primary amides is 1. The molecule has 2 N–H and O–H groups in total. The Labute approximate surface area is 223 Å². The zero-order valence-electron chi connectivity index (χ0n) is 19.7. The van der Waals surface area contributed by atoms with Gasteiger partial charge in [-0.15, -0.1) is 11.3 Å². The fourth-order valence-corrected chi connectivity index (χ4v) is 6.98. The predicted octanol–water partition coefficient (Wildman–Crippen LogP) is -0.867. The number of thiophene rings is 1. The van der Waals surface area contributed by atoms with Gasteiger partial charge in [-0.05, 0) is 31.5 Å². The third-order valence-electron chi connectivity index (χ3n) is 7.32. The summed E-state index contributed by atoms with van der Waals surface area (Å²) in [5.41, 5.74) is 6.04. The lowest BCUT2D eigenvalue weighted by atomic mass is 9.86. The van der Waals surface area contributed by atoms with Crippen molar-refractivity contribution in [3.8, 4) is 10.6 Å². The molecule has 5 heterocycles. The number of likely N-dealkylation sites (N-methyl/N-ethyl adjacent to an activating group) is 1. The lowest BCUT2D eigenvalue weighted by Gasteiger charge is -2.30. The quantitative estimate of drug-likeness (QED) is 0.318. The SMILES string of the molecule is C[N+](C)(CCCN1C(=O)[C@@H]2[C@H](C1=O)[C@H]1CCCN1[C@@H]2c1cc(-c2ccc(Cl)s2)on1)CC(N)=O.[Br-]. The second kappa shape index (κ2) is 9.93. The Kier molecular flexibility index (Phi) is 7.46. The number of nitrogens with two attached hydrogens (primary N) is 1. The first-order valence-corrected chi connectivity index (χ1v) is 12.8. The van der Waals surface area contributed by atoms with E-state index in [0.29, 0.717) is 39.8 Å². The molecule has 5 rings (SSSR count). The van der Waals surface area contributed by atoms with Crippen LogP contribution < -0.4 is 22.7 Å². The molecule has 4 atom stereocenters. The molecule has 3 amide bonds. The summed E-state index contributed by atoms with van der Waals surface area (Å²) in [6.07, 6.45) is 2.51. The van der Waals surface area contributed by atoms with Crippen LogP contribution in [-0.4, -0.2) is 83.5 Å². The van der Waals surface area contributed by atoms with Gasteiger partial charge < -0.3 is 31.7 Å². The molecule has 0 aliphatic carbocycles. The molecule has 0 bridgehead atoms. The van der Waals surface area contributed by atoms with E-state index in [-0.39, 0.29) is 59.2 Å². The largest absolute Gasteiger partial charge is 1.00 e. The second-order valence-corrected chi connectivity index (χ2v) is 11.8. The van der Waals surface area contributed by atoms with Crippen molar-refractivity contribution in [3.63, 3.8) is 0 Å². The molecule has 2 aromatic rings. The lowest BCUT2D eigenvalue weighted by molar-refractivity contribution is -0.882. The highest BCUT2D eigenvalue weighted by Gasteiger charge is 2.63. The maximum Gasteiger partial charge on any atom is 0.272 e. The number of hydrogen-bond acceptors (Lipinski definition) is 7. The van der Waals surface area contributed by atoms with Crippen LogP contribution in [0.3, 0.4) is 0 Å². The fourth-order valence-electron chi connectivity index (χ4n) is 5.99. The van der Waals surface area contributed by atoms with Crippen LogP contribution in [0.4, 0.5) is 0 Å². The Morgan fingerprint density at radius 3 is 2.71 bits per heavy atom. The predicted molar refractivity (Wildman–Crippen MR) is 127 cm³/mol. The van der Waals surface area contributed by atoms with Crippen molar-refractivity contribution in [2.24, 2.45) is 17.6 Å². The summed E-state index contributed by atoms with van der Waals surface area (Å²) >= 11 is 7.48. The van der Waals surface area contributed by atoms with Crippen molar-refractivity contribution in [2.75, 3.05) is 40.3 Å². The monoisotopic (exact) mass is 585 g/mol. The van der Waals surface area contributed by atoms with Gasteiger partial charge in [0, 0.05) is 25.1 Å². The molecule has 0 aromatic carbocycles. The van der Waals surface area contributed by atoms with E-state index in [2.05, 4.69) is 10.1 Å². The van der Waals surface area contributed by atoms with Gasteiger partial charge in [-0.1, -0.05) is 16.8 Å². The number of quaternary nitrogens is 1. The fraction of sp³-hybridized carbons (Fsp3) is 0.565. The molecule has 12 heteroatoms. The summed E-state index contributed by atoms with van der Waals surface area (Å²) in [5.74, 6) is -0.745. The maximum absolute atomic E-state index is 13.6. The highest BCUT2D eigenvalue weighted by molar-refractivity contribution is 7.19. The highest BCUT2D eigenvalue weighted by atomic mass is 79.9. The van der Waals surface area contributed by atoms with Crippen LogP contribution in [0.15, 0.2) is 22.7 Å². The molecule has 35 heavy (non-hydrogen) atoms. The van der Waals surface area contributed by atoms with Crippen LogP contribution in [0.1, 0.15) is 31.0 Å². The lowest BCUT2D eigenvalue weighted by Crippen LogP contribution is -3.00. The minimum atomic E-state index is -0.448. The maximum atomic E-state index is 13.6. The number of carbonyl (C=O) groups excluding carboxylic acids is 3. The first kappa shape index (κ1) is 26.3. The third kappa shape index (κ3) is 4.81. The van der Waals surface area contributed by atoms with E-state index in [4.69, 9.17) is 21.9 Å². The average Bonchev–Trinajstić information content (AvgIpc) is 3.53. The Morgan fingerprint density at radius 2 is 2.03 bits per heavy atom. The zero-order chi connectivity index (χ0) is 24.2. The molecule has 3 aliphatic heterocycles. The van der Waals surface area contributed by atoms with Gasteiger partial charge in [-0.25, -0.2) is 0 Å². The third-order valence-corrected chi connectivity index (χ3v) is 8.57. The molecule has 3 saturated heterocycles. The molecule has 9 nitrogen and oxygen atoms in total. The summed E-state index contributed by atoms with van der Waals surface area (Å²) in [4.78, 5) is 42.9. The van der Waals surface area contributed by atoms with E-state index < -0.39 is 5.92 Å². The molecule has 0 radical (unpaired) electrons. The number of hydrogen-bond donors (Lipinski definition) is 1. The van der Waals surface area contributed by atoms with E-state index in [0.717, 1.165) is 24.3 Å². The zero-order valence-corrected chi connectivity index (χ0v) is 22.8. The number of halogens is 2. The minimum absolute atomic E-state index is 0. The number of carbonyl (C=O) groups is 3. The van der Waals surface area contributed by atoms with Gasteiger partial charge in [0.1, 0.15) is 5.69 Å². The van der Waals surface area contributed by atoms with Crippen molar-refractivity contribution in [1.29, 1.82) is 0 Å². The van der Waals surface area contributed by atoms with Gasteiger partial charge in [0.15, 0.2) is 12.3 Å². The number of rotatable bonds is 8. The van der Waals surface area contributed by atoms with Crippen molar-refractivity contribution >= 4 is 40.7 Å². The number of nitrogens with zero attached hydrogens (tertiary/aromatic N) is 4. The van der Waals surface area contributed by atoms with E-state index in [1.807, 2.05) is 32.3 Å². The van der Waals surface area contributed by atoms with Gasteiger partial charge in [0.25, 0.3) is 5.91 Å². The molecular weight excluding hydrogens is 558 g/mol. The normalized spacial score (nSPS) is 26.2. The van der Waals surface area contributed by atoms with Crippen LogP contribution in [0.5, 0.6) is 0 Å². The standard InChI is InChI=1S/C23H28ClN5O4S.BrH/c1-29(2,12-18(25)30)10-4-9-28-22(31)19-14-5-3-8-27(14)21(20(19)23(28)32)13-11-15(33-26-13)16-6-7-17(24)34-16;/h6-7,11,14,19-21H,3-5,8-10,12H2,1-2H3,(H-,25,30);1H/t14-,19-,20-,21-;/m1./s1. The smallest absolute Gasteiger partial charge is 0.272 e. The van der Waals surface area contributed by atoms with Crippen LogP contribution in [0.25, 0.3) is 10.6 Å². The Morgan fingerprint density at radius 1 is 1.29 bits per heavy atom. The topological polar surface area (TPSA) is 110 Å². The van der Waals surface area contributed by atoms with Crippen molar-refractivity contribution in [3.05, 3.63) is 28.2 Å². The molecule has 3 aliphatic rings. The van der Waals surface area contributed by atoms with Gasteiger partial charge in [-0.3, -0.25) is 24.2 Å². The summed E-state index contributed by atoms with van der Waals surface area (Å²) in [6.45, 7) is 2.05. The van der Waals surface area contributed by atoms with E-state index in [1.165, 1.54) is 16.2 Å². The minimum Gasteiger partial charge on any atom is -1.00 e. The molecular formula is C23H29BrClN5O4S.